The summed E-state index contributed by atoms with van der Waals surface area (Å²) in [5.41, 5.74) is 5.58. The Morgan fingerprint density at radius 3 is 2.50 bits per heavy atom. The van der Waals surface area contributed by atoms with Crippen LogP contribution >= 0.6 is 22.6 Å². The van der Waals surface area contributed by atoms with Crippen LogP contribution in [0.1, 0.15) is 43.1 Å². The summed E-state index contributed by atoms with van der Waals surface area (Å²) < 4.78 is 5.74. The number of aromatic hydroxyl groups is 1. The summed E-state index contributed by atoms with van der Waals surface area (Å²) in [5, 5.41) is 30.5. The zero-order valence-electron chi connectivity index (χ0n) is 14.8. The van der Waals surface area contributed by atoms with Gasteiger partial charge in [0, 0.05) is 12.8 Å². The van der Waals surface area contributed by atoms with Gasteiger partial charge in [-0.1, -0.05) is 30.3 Å². The minimum atomic E-state index is -0.725. The number of hydrogen-bond acceptors (Lipinski definition) is 4. The van der Waals surface area contributed by atoms with E-state index in [2.05, 4.69) is 5.73 Å². The van der Waals surface area contributed by atoms with E-state index in [0.717, 1.165) is 11.1 Å². The van der Waals surface area contributed by atoms with Gasteiger partial charge in [0.05, 0.1) is 22.9 Å². The normalized spacial score (nSPS) is 12.8. The lowest BCUT2D eigenvalue weighted by Crippen LogP contribution is -1.98. The summed E-state index contributed by atoms with van der Waals surface area (Å²) in [5.74, 6) is 0.415. The van der Waals surface area contributed by atoms with Crippen LogP contribution in [0.5, 0.6) is 11.5 Å². The van der Waals surface area contributed by atoms with E-state index in [1.54, 1.807) is 18.2 Å². The molecule has 0 aliphatic carbocycles. The first-order valence-corrected chi connectivity index (χ1v) is 9.38. The molecule has 0 aliphatic heterocycles. The fraction of sp³-hybridized carbons (Fsp3) is 0.286. The molecule has 138 valence electrons. The zero-order valence-corrected chi connectivity index (χ0v) is 17.0. The van der Waals surface area contributed by atoms with Crippen LogP contribution in [0.3, 0.4) is 0 Å². The topological polar surface area (TPSA) is 69.9 Å². The van der Waals surface area contributed by atoms with Crippen molar-refractivity contribution in [2.45, 2.75) is 32.0 Å². The van der Waals surface area contributed by atoms with Crippen molar-refractivity contribution in [2.75, 3.05) is 7.11 Å². The van der Waals surface area contributed by atoms with E-state index in [4.69, 9.17) is 4.74 Å². The van der Waals surface area contributed by atoms with Crippen LogP contribution in [0.2, 0.25) is 0 Å². The maximum absolute atomic E-state index is 10.4. The first-order chi connectivity index (χ1) is 12.4. The number of halogens is 1. The molecule has 0 saturated carbocycles. The molecule has 0 radical (unpaired) electrons. The Hall–Kier alpha value is -1.79. The van der Waals surface area contributed by atoms with Gasteiger partial charge in [0.1, 0.15) is 0 Å². The average molecular weight is 466 g/mol. The highest BCUT2D eigenvalue weighted by Crippen LogP contribution is 2.35. The zero-order chi connectivity index (χ0) is 19.1. The highest BCUT2D eigenvalue weighted by molar-refractivity contribution is 14.1. The molecule has 0 spiro atoms. The first kappa shape index (κ1) is 20.5. The van der Waals surface area contributed by atoms with Gasteiger partial charge in [0.25, 0.3) is 0 Å². The summed E-state index contributed by atoms with van der Waals surface area (Å²) >= 11 is 2.00. The Labute approximate surface area is 167 Å². The van der Waals surface area contributed by atoms with Gasteiger partial charge >= 0.3 is 0 Å². The van der Waals surface area contributed by atoms with Crippen molar-refractivity contribution in [1.82, 2.24) is 0 Å². The minimum absolute atomic E-state index is 0.0743. The SMILES string of the molecule is COc1cc([C@H](O)CC=C=C(C)C[C@@H](O)c2ccccc2)cc(I)c1O. The largest absolute Gasteiger partial charge is 0.504 e. The maximum Gasteiger partial charge on any atom is 0.171 e. The van der Waals surface area contributed by atoms with E-state index < -0.39 is 12.2 Å². The van der Waals surface area contributed by atoms with Crippen LogP contribution in [-0.4, -0.2) is 22.4 Å². The number of benzene rings is 2. The predicted octanol–water partition coefficient (Wildman–Crippen LogP) is 4.65. The van der Waals surface area contributed by atoms with Crippen LogP contribution < -0.4 is 4.74 Å². The average Bonchev–Trinajstić information content (AvgIpc) is 2.64. The molecular weight excluding hydrogens is 443 g/mol. The van der Waals surface area contributed by atoms with Crippen molar-refractivity contribution in [3.63, 3.8) is 0 Å². The van der Waals surface area contributed by atoms with Gasteiger partial charge in [0.2, 0.25) is 0 Å². The Bertz CT molecular complexity index is 795. The van der Waals surface area contributed by atoms with Crippen LogP contribution in [-0.2, 0) is 0 Å². The second-order valence-corrected chi connectivity index (χ2v) is 7.23. The maximum atomic E-state index is 10.4. The summed E-state index contributed by atoms with van der Waals surface area (Å²) in [4.78, 5) is 0. The molecule has 0 fully saturated rings. The van der Waals surface area contributed by atoms with Gasteiger partial charge in [0.15, 0.2) is 11.5 Å². The Balaban J connectivity index is 2.02. The monoisotopic (exact) mass is 466 g/mol. The molecule has 2 rings (SSSR count). The molecule has 0 unspecified atom stereocenters. The number of aliphatic hydroxyl groups excluding tert-OH is 2. The summed E-state index contributed by atoms with van der Waals surface area (Å²) in [7, 11) is 1.48. The van der Waals surface area contributed by atoms with Gasteiger partial charge in [-0.25, -0.2) is 0 Å². The van der Waals surface area contributed by atoms with Crippen molar-refractivity contribution >= 4 is 22.6 Å². The lowest BCUT2D eigenvalue weighted by Gasteiger charge is -2.12. The molecule has 26 heavy (non-hydrogen) atoms. The number of phenolic OH excluding ortho intramolecular Hbond substituents is 1. The summed E-state index contributed by atoms with van der Waals surface area (Å²) in [6, 6.07) is 12.9. The molecule has 2 aromatic carbocycles. The van der Waals surface area contributed by atoms with Crippen molar-refractivity contribution < 1.29 is 20.1 Å². The smallest absolute Gasteiger partial charge is 0.171 e. The molecule has 2 aromatic rings. The van der Waals surface area contributed by atoms with Crippen molar-refractivity contribution in [1.29, 1.82) is 0 Å². The van der Waals surface area contributed by atoms with Crippen LogP contribution in [0.4, 0.5) is 0 Å². The van der Waals surface area contributed by atoms with Crippen LogP contribution in [0.15, 0.2) is 59.8 Å². The number of ether oxygens (including phenoxy) is 1. The van der Waals surface area contributed by atoms with E-state index in [-0.39, 0.29) is 5.75 Å². The molecule has 0 heterocycles. The van der Waals surface area contributed by atoms with Gasteiger partial charge < -0.3 is 20.1 Å². The number of hydrogen-bond donors (Lipinski definition) is 3. The van der Waals surface area contributed by atoms with Crippen LogP contribution in [0.25, 0.3) is 0 Å². The molecule has 0 bridgehead atoms. The fourth-order valence-electron chi connectivity index (χ4n) is 2.56. The van der Waals surface area contributed by atoms with Gasteiger partial charge in [-0.05, 0) is 64.4 Å². The molecule has 0 aromatic heterocycles. The molecule has 0 amide bonds. The van der Waals surface area contributed by atoms with Crippen molar-refractivity contribution in [3.8, 4) is 11.5 Å². The molecule has 0 aliphatic rings. The summed E-state index contributed by atoms with van der Waals surface area (Å²) in [6.45, 7) is 1.90. The van der Waals surface area contributed by atoms with Gasteiger partial charge in [-0.3, -0.25) is 0 Å². The number of rotatable bonds is 7. The highest BCUT2D eigenvalue weighted by Gasteiger charge is 2.13. The quantitative estimate of drug-likeness (QED) is 0.411. The third-order valence-electron chi connectivity index (χ3n) is 4.03. The third kappa shape index (κ3) is 5.61. The van der Waals surface area contributed by atoms with E-state index >= 15 is 0 Å². The predicted molar refractivity (Wildman–Crippen MR) is 110 cm³/mol. The standard InChI is InChI=1S/C21H23IO4/c1-14(11-19(24)15-8-4-3-5-9-15)7-6-10-18(23)16-12-17(22)21(25)20(13-16)26-2/h3-6,8-9,12-13,18-19,23-25H,10-11H2,1-2H3/t7?,18-,19-/m1/s1. The third-order valence-corrected chi connectivity index (χ3v) is 4.85. The Morgan fingerprint density at radius 2 is 1.85 bits per heavy atom. The first-order valence-electron chi connectivity index (χ1n) is 8.30. The molecular formula is C21H23IO4. The van der Waals surface area contributed by atoms with Gasteiger partial charge in [-0.2, -0.15) is 0 Å². The van der Waals surface area contributed by atoms with Gasteiger partial charge in [-0.15, -0.1) is 5.73 Å². The molecule has 2 atom stereocenters. The number of aliphatic hydroxyl groups is 2. The van der Waals surface area contributed by atoms with E-state index in [0.29, 0.717) is 27.7 Å². The van der Waals surface area contributed by atoms with Crippen LogP contribution in [0, 0.1) is 3.57 Å². The number of phenols is 1. The fourth-order valence-corrected chi connectivity index (χ4v) is 3.19. The second-order valence-electron chi connectivity index (χ2n) is 6.06. The summed E-state index contributed by atoms with van der Waals surface area (Å²) in [6.07, 6.45) is 1.34. The molecule has 3 N–H and O–H groups in total. The number of methoxy groups -OCH3 is 1. The minimum Gasteiger partial charge on any atom is -0.504 e. The lowest BCUT2D eigenvalue weighted by atomic mass is 10.0. The molecule has 5 heteroatoms. The molecule has 0 saturated heterocycles. The Kier molecular flexibility index (Phi) is 7.72. The lowest BCUT2D eigenvalue weighted by molar-refractivity contribution is 0.178. The second kappa shape index (κ2) is 9.78. The van der Waals surface area contributed by atoms with E-state index in [1.807, 2.05) is 59.8 Å². The van der Waals surface area contributed by atoms with Crippen molar-refractivity contribution in [2.24, 2.45) is 0 Å². The van der Waals surface area contributed by atoms with E-state index in [1.165, 1.54) is 7.11 Å². The van der Waals surface area contributed by atoms with Crippen molar-refractivity contribution in [3.05, 3.63) is 74.5 Å². The molecule has 4 nitrogen and oxygen atoms in total. The highest BCUT2D eigenvalue weighted by atomic mass is 127. The Morgan fingerprint density at radius 1 is 1.15 bits per heavy atom. The van der Waals surface area contributed by atoms with E-state index in [9.17, 15) is 15.3 Å².